The van der Waals surface area contributed by atoms with Crippen LogP contribution in [0.1, 0.15) is 32.1 Å². The second kappa shape index (κ2) is 5.93. The van der Waals surface area contributed by atoms with E-state index in [2.05, 4.69) is 10.9 Å². The molecule has 0 radical (unpaired) electrons. The summed E-state index contributed by atoms with van der Waals surface area (Å²) in [5, 5.41) is 0. The first kappa shape index (κ1) is 11.4. The molecule has 0 amide bonds. The van der Waals surface area contributed by atoms with Gasteiger partial charge >= 0.3 is 0 Å². The van der Waals surface area contributed by atoms with Crippen LogP contribution < -0.4 is 10.9 Å². The lowest BCUT2D eigenvalue weighted by atomic mass is 9.85. The Morgan fingerprint density at radius 3 is 2.46 bits per heavy atom. The van der Waals surface area contributed by atoms with Crippen LogP contribution >= 0.6 is 22.6 Å². The molecule has 1 saturated carbocycles. The number of rotatable bonds is 4. The fraction of sp³-hybridized carbons (Fsp3) is 0.889. The van der Waals surface area contributed by atoms with E-state index in [0.717, 1.165) is 6.42 Å². The average Bonchev–Trinajstić information content (AvgIpc) is 2.08. The van der Waals surface area contributed by atoms with Gasteiger partial charge in [0, 0.05) is 12.5 Å². The van der Waals surface area contributed by atoms with Crippen molar-refractivity contribution in [1.82, 2.24) is 10.9 Å². The Labute approximate surface area is 93.1 Å². The second-order valence-electron chi connectivity index (χ2n) is 3.67. The van der Waals surface area contributed by atoms with Gasteiger partial charge in [-0.3, -0.25) is 15.6 Å². The molecule has 0 aromatic heterocycles. The summed E-state index contributed by atoms with van der Waals surface area (Å²) in [6, 6.07) is 0.602. The smallest absolute Gasteiger partial charge is 0.192 e. The van der Waals surface area contributed by atoms with Crippen LogP contribution in [0.4, 0.5) is 0 Å². The van der Waals surface area contributed by atoms with Crippen LogP contribution in [0.5, 0.6) is 0 Å². The molecule has 0 atom stereocenters. The van der Waals surface area contributed by atoms with E-state index in [1.807, 2.05) is 29.6 Å². The molecular weight excluding hydrogens is 279 g/mol. The van der Waals surface area contributed by atoms with E-state index in [4.69, 9.17) is 0 Å². The highest BCUT2D eigenvalue weighted by molar-refractivity contribution is 14.1. The van der Waals surface area contributed by atoms with Crippen LogP contribution in [0.15, 0.2) is 0 Å². The first-order valence-electron chi connectivity index (χ1n) is 4.83. The van der Waals surface area contributed by atoms with Gasteiger partial charge in [-0.05, 0) is 61.2 Å². The van der Waals surface area contributed by atoms with Crippen LogP contribution in [0.3, 0.4) is 0 Å². The van der Waals surface area contributed by atoms with Crippen molar-refractivity contribution in [2.24, 2.45) is 5.92 Å². The Bertz CT molecular complexity index is 167. The predicted molar refractivity (Wildman–Crippen MR) is 61.6 cm³/mol. The third-order valence-corrected chi connectivity index (χ3v) is 3.08. The topological polar surface area (TPSA) is 41.1 Å². The van der Waals surface area contributed by atoms with Gasteiger partial charge in [0.15, 0.2) is 3.79 Å². The zero-order valence-corrected chi connectivity index (χ0v) is 10.1. The summed E-state index contributed by atoms with van der Waals surface area (Å²) in [5.41, 5.74) is 6.20. The van der Waals surface area contributed by atoms with Crippen LogP contribution in [0.25, 0.3) is 0 Å². The lowest BCUT2D eigenvalue weighted by Gasteiger charge is -2.28. The number of halogens is 1. The molecule has 0 saturated heterocycles. The van der Waals surface area contributed by atoms with E-state index in [1.54, 1.807) is 0 Å². The van der Waals surface area contributed by atoms with Gasteiger partial charge in [0.25, 0.3) is 0 Å². The fourth-order valence-electron chi connectivity index (χ4n) is 1.94. The molecule has 0 aliphatic heterocycles. The van der Waals surface area contributed by atoms with Gasteiger partial charge in [0.2, 0.25) is 0 Å². The Morgan fingerprint density at radius 1 is 1.38 bits per heavy atom. The van der Waals surface area contributed by atoms with Gasteiger partial charge in [-0.15, -0.1) is 0 Å². The Morgan fingerprint density at radius 2 is 2.00 bits per heavy atom. The summed E-state index contributed by atoms with van der Waals surface area (Å²) in [6.45, 7) is 0. The van der Waals surface area contributed by atoms with Gasteiger partial charge in [0.05, 0.1) is 0 Å². The maximum absolute atomic E-state index is 10.9. The molecule has 13 heavy (non-hydrogen) atoms. The number of hydrazine groups is 1. The van der Waals surface area contributed by atoms with Crippen LogP contribution in [-0.2, 0) is 4.79 Å². The highest BCUT2D eigenvalue weighted by Gasteiger charge is 2.21. The molecule has 0 unspecified atom stereocenters. The van der Waals surface area contributed by atoms with Crippen LogP contribution in [0.2, 0.25) is 0 Å². The van der Waals surface area contributed by atoms with E-state index >= 15 is 0 Å². The normalized spacial score (nSPS) is 28.8. The van der Waals surface area contributed by atoms with Crippen molar-refractivity contribution >= 4 is 26.4 Å². The lowest BCUT2D eigenvalue weighted by Crippen LogP contribution is -2.40. The van der Waals surface area contributed by atoms with Gasteiger partial charge in [-0.2, -0.15) is 0 Å². The van der Waals surface area contributed by atoms with E-state index in [9.17, 15) is 4.79 Å². The maximum atomic E-state index is 10.9. The van der Waals surface area contributed by atoms with Gasteiger partial charge < -0.3 is 0 Å². The summed E-state index contributed by atoms with van der Waals surface area (Å²) >= 11 is 1.90. The Kier molecular flexibility index (Phi) is 5.20. The molecule has 2 N–H and O–H groups in total. The van der Waals surface area contributed by atoms with Crippen molar-refractivity contribution in [3.63, 3.8) is 0 Å². The molecule has 1 fully saturated rings. The Hall–Kier alpha value is 0.320. The molecule has 0 aromatic rings. The zero-order valence-electron chi connectivity index (χ0n) is 7.98. The van der Waals surface area contributed by atoms with E-state index in [1.165, 1.54) is 25.7 Å². The second-order valence-corrected chi connectivity index (χ2v) is 4.87. The van der Waals surface area contributed by atoms with Crippen molar-refractivity contribution in [3.05, 3.63) is 0 Å². The van der Waals surface area contributed by atoms with E-state index in [-0.39, 0.29) is 0 Å². The van der Waals surface area contributed by atoms with Crippen molar-refractivity contribution < 1.29 is 4.79 Å². The number of hydrogen-bond acceptors (Lipinski definition) is 3. The molecule has 0 bridgehead atoms. The maximum Gasteiger partial charge on any atom is 0.192 e. The summed E-state index contributed by atoms with van der Waals surface area (Å²) in [6.07, 6.45) is 5.53. The summed E-state index contributed by atoms with van der Waals surface area (Å²) in [4.78, 5) is 10.9. The van der Waals surface area contributed by atoms with Crippen molar-refractivity contribution in [2.45, 2.75) is 38.1 Å². The number of carbonyl (C=O) groups excluding carboxylic acids is 1. The molecule has 76 valence electrons. The third-order valence-electron chi connectivity index (χ3n) is 2.64. The minimum absolute atomic E-state index is 0.308. The zero-order chi connectivity index (χ0) is 9.68. The quantitative estimate of drug-likeness (QED) is 0.470. The first-order chi connectivity index (χ1) is 6.22. The molecule has 1 aliphatic carbocycles. The molecule has 3 nitrogen and oxygen atoms in total. The van der Waals surface area contributed by atoms with Crippen LogP contribution in [-0.4, -0.2) is 16.9 Å². The number of carbonyl (C=O) groups is 1. The molecule has 1 rings (SSSR count). The van der Waals surface area contributed by atoms with Gasteiger partial charge in [-0.1, -0.05) is 0 Å². The van der Waals surface area contributed by atoms with Crippen LogP contribution in [0, 0.1) is 5.92 Å². The largest absolute Gasteiger partial charge is 0.288 e. The third kappa shape index (κ3) is 4.37. The highest BCUT2D eigenvalue weighted by atomic mass is 127. The molecule has 1 aliphatic rings. The predicted octanol–water partition coefficient (Wildman–Crippen LogP) is 1.62. The standard InChI is InChI=1S/C9H17IN2O/c1-11-12-8-4-2-7(3-5-8)6-9(10)13/h7-8,11-12H,2-6H2,1H3. The SMILES string of the molecule is CNNC1CCC(CC(=O)I)CC1. The molecule has 0 heterocycles. The fourth-order valence-corrected chi connectivity index (χ4v) is 2.56. The number of nitrogens with one attached hydrogen (secondary N) is 2. The molecule has 4 heteroatoms. The summed E-state index contributed by atoms with van der Waals surface area (Å²) in [5.74, 6) is 0.638. The summed E-state index contributed by atoms with van der Waals surface area (Å²) < 4.78 is 0.308. The number of hydrogen-bond donors (Lipinski definition) is 2. The van der Waals surface area contributed by atoms with Gasteiger partial charge in [0.1, 0.15) is 0 Å². The van der Waals surface area contributed by atoms with Crippen molar-refractivity contribution in [3.8, 4) is 0 Å². The monoisotopic (exact) mass is 296 g/mol. The Balaban J connectivity index is 2.18. The van der Waals surface area contributed by atoms with Gasteiger partial charge in [-0.25, -0.2) is 0 Å². The minimum Gasteiger partial charge on any atom is -0.288 e. The average molecular weight is 296 g/mol. The highest BCUT2D eigenvalue weighted by Crippen LogP contribution is 2.27. The minimum atomic E-state index is 0.308. The van der Waals surface area contributed by atoms with Crippen molar-refractivity contribution in [1.29, 1.82) is 0 Å². The molecular formula is C9H17IN2O. The van der Waals surface area contributed by atoms with E-state index < -0.39 is 0 Å². The molecule has 0 aromatic carbocycles. The lowest BCUT2D eigenvalue weighted by molar-refractivity contribution is -0.110. The van der Waals surface area contributed by atoms with Crippen molar-refractivity contribution in [2.75, 3.05) is 7.05 Å². The first-order valence-corrected chi connectivity index (χ1v) is 5.91. The van der Waals surface area contributed by atoms with E-state index in [0.29, 0.717) is 15.7 Å². The molecule has 0 spiro atoms. The summed E-state index contributed by atoms with van der Waals surface area (Å²) in [7, 11) is 1.90.